The summed E-state index contributed by atoms with van der Waals surface area (Å²) in [6.07, 6.45) is 2.18. The number of H-pyrrole nitrogens is 1. The highest BCUT2D eigenvalue weighted by Gasteiger charge is 2.13. The van der Waals surface area contributed by atoms with Gasteiger partial charge >= 0.3 is 5.63 Å². The monoisotopic (exact) mass is 328 g/mol. The van der Waals surface area contributed by atoms with E-state index in [-0.39, 0.29) is 23.7 Å². The highest BCUT2D eigenvalue weighted by molar-refractivity contribution is 5.75. The Labute approximate surface area is 136 Å². The fourth-order valence-electron chi connectivity index (χ4n) is 2.37. The van der Waals surface area contributed by atoms with Gasteiger partial charge in [-0.1, -0.05) is 6.92 Å². The van der Waals surface area contributed by atoms with Gasteiger partial charge in [-0.2, -0.15) is 4.98 Å². The zero-order valence-electron chi connectivity index (χ0n) is 13.5. The van der Waals surface area contributed by atoms with E-state index in [0.29, 0.717) is 17.8 Å². The summed E-state index contributed by atoms with van der Waals surface area (Å²) in [6, 6.07) is 1.27. The second-order valence-electron chi connectivity index (χ2n) is 5.31. The van der Waals surface area contributed by atoms with Gasteiger partial charge in [-0.25, -0.2) is 14.8 Å². The first-order valence-electron chi connectivity index (χ1n) is 7.47. The van der Waals surface area contributed by atoms with Crippen molar-refractivity contribution in [3.8, 4) is 6.01 Å². The highest BCUT2D eigenvalue weighted by atomic mass is 16.5. The van der Waals surface area contributed by atoms with E-state index in [4.69, 9.17) is 9.15 Å². The normalized spacial score (nSPS) is 11.0. The van der Waals surface area contributed by atoms with Gasteiger partial charge in [0.15, 0.2) is 0 Å². The molecule has 8 nitrogen and oxygen atoms in total. The lowest BCUT2D eigenvalue weighted by molar-refractivity contribution is 0.278. The number of aromatic nitrogens is 4. The molecule has 0 saturated carbocycles. The van der Waals surface area contributed by atoms with Gasteiger partial charge < -0.3 is 9.15 Å². The lowest BCUT2D eigenvalue weighted by Crippen LogP contribution is -2.15. The molecule has 0 amide bonds. The van der Waals surface area contributed by atoms with Crippen LogP contribution in [0.2, 0.25) is 0 Å². The molecule has 3 heterocycles. The molecule has 0 aliphatic carbocycles. The molecule has 0 aliphatic heterocycles. The van der Waals surface area contributed by atoms with Crippen molar-refractivity contribution in [1.82, 2.24) is 19.9 Å². The van der Waals surface area contributed by atoms with Crippen molar-refractivity contribution >= 4 is 11.1 Å². The van der Waals surface area contributed by atoms with Gasteiger partial charge in [-0.15, -0.1) is 0 Å². The summed E-state index contributed by atoms with van der Waals surface area (Å²) in [4.78, 5) is 38.8. The van der Waals surface area contributed by atoms with Crippen LogP contribution in [0.25, 0.3) is 11.1 Å². The van der Waals surface area contributed by atoms with Gasteiger partial charge in [0.2, 0.25) is 5.71 Å². The molecule has 24 heavy (non-hydrogen) atoms. The van der Waals surface area contributed by atoms with Crippen molar-refractivity contribution in [3.63, 3.8) is 0 Å². The summed E-state index contributed by atoms with van der Waals surface area (Å²) in [5, 5.41) is 0.263. The number of hydrogen-bond donors (Lipinski definition) is 1. The number of ether oxygens (including phenoxy) is 1. The minimum Gasteiger partial charge on any atom is -0.460 e. The summed E-state index contributed by atoms with van der Waals surface area (Å²) < 4.78 is 10.5. The van der Waals surface area contributed by atoms with Crippen molar-refractivity contribution in [2.45, 2.75) is 33.8 Å². The number of aromatic amines is 1. The second-order valence-corrected chi connectivity index (χ2v) is 5.31. The average molecular weight is 328 g/mol. The Morgan fingerprint density at radius 1 is 1.21 bits per heavy atom. The molecule has 3 aromatic rings. The Kier molecular flexibility index (Phi) is 4.11. The maximum atomic E-state index is 12.3. The van der Waals surface area contributed by atoms with Crippen LogP contribution in [0.1, 0.15) is 29.6 Å². The quantitative estimate of drug-likeness (QED) is 0.771. The van der Waals surface area contributed by atoms with Crippen LogP contribution in [-0.2, 0) is 13.0 Å². The van der Waals surface area contributed by atoms with Crippen LogP contribution in [-0.4, -0.2) is 19.9 Å². The summed E-state index contributed by atoms with van der Waals surface area (Å²) >= 11 is 0. The predicted octanol–water partition coefficient (Wildman–Crippen LogP) is 1.42. The minimum absolute atomic E-state index is 0.0242. The number of fused-ring (bicyclic) bond motifs is 1. The Hall–Kier alpha value is -3.03. The van der Waals surface area contributed by atoms with Crippen LogP contribution in [0.3, 0.4) is 0 Å². The Balaban J connectivity index is 1.96. The Morgan fingerprint density at radius 3 is 2.71 bits per heavy atom. The molecule has 0 fully saturated rings. The van der Waals surface area contributed by atoms with Crippen LogP contribution >= 0.6 is 0 Å². The first-order chi connectivity index (χ1) is 11.5. The molecule has 0 radical (unpaired) electrons. The predicted molar refractivity (Wildman–Crippen MR) is 86.1 cm³/mol. The summed E-state index contributed by atoms with van der Waals surface area (Å²) in [7, 11) is 0. The van der Waals surface area contributed by atoms with Gasteiger partial charge in [0.05, 0.1) is 0 Å². The molecule has 8 heteroatoms. The summed E-state index contributed by atoms with van der Waals surface area (Å²) in [5.41, 5.74) is 1.15. The topological polar surface area (TPSA) is 111 Å². The number of nitrogens with zero attached hydrogens (tertiary/aromatic N) is 3. The van der Waals surface area contributed by atoms with E-state index in [2.05, 4.69) is 19.9 Å². The van der Waals surface area contributed by atoms with E-state index in [1.165, 1.54) is 6.07 Å². The van der Waals surface area contributed by atoms with E-state index in [1.807, 2.05) is 13.8 Å². The number of hydrogen-bond acceptors (Lipinski definition) is 7. The van der Waals surface area contributed by atoms with Crippen molar-refractivity contribution in [1.29, 1.82) is 0 Å². The minimum atomic E-state index is -0.550. The molecule has 0 aromatic carbocycles. The van der Waals surface area contributed by atoms with E-state index in [0.717, 1.165) is 11.3 Å². The van der Waals surface area contributed by atoms with Crippen LogP contribution < -0.4 is 15.9 Å². The van der Waals surface area contributed by atoms with Gasteiger partial charge in [0, 0.05) is 23.5 Å². The fourth-order valence-corrected chi connectivity index (χ4v) is 2.37. The van der Waals surface area contributed by atoms with Crippen molar-refractivity contribution in [2.75, 3.05) is 0 Å². The molecule has 0 spiro atoms. The molecule has 124 valence electrons. The van der Waals surface area contributed by atoms with Gasteiger partial charge in [-0.3, -0.25) is 9.78 Å². The first kappa shape index (κ1) is 15.9. The van der Waals surface area contributed by atoms with E-state index >= 15 is 0 Å². The molecular formula is C16H16N4O4. The van der Waals surface area contributed by atoms with Crippen molar-refractivity contribution < 1.29 is 9.15 Å². The van der Waals surface area contributed by atoms with Gasteiger partial charge in [0.1, 0.15) is 17.8 Å². The van der Waals surface area contributed by atoms with Gasteiger partial charge in [-0.05, 0) is 25.8 Å². The largest absolute Gasteiger partial charge is 0.460 e. The second kappa shape index (κ2) is 6.23. The maximum Gasteiger partial charge on any atom is 0.337 e. The molecule has 0 unspecified atom stereocenters. The van der Waals surface area contributed by atoms with Crippen LogP contribution in [0.15, 0.2) is 26.3 Å². The van der Waals surface area contributed by atoms with Crippen LogP contribution in [0, 0.1) is 13.8 Å². The van der Waals surface area contributed by atoms with E-state index < -0.39 is 11.2 Å². The average Bonchev–Trinajstić information content (AvgIpc) is 2.52. The SMILES string of the molecule is CCc1cc(=O)oc2nc(OCc3cnc(C)nc3C)[nH]c(=O)c12. The number of aryl methyl sites for hydroxylation is 3. The standard InChI is InChI=1S/C16H16N4O4/c1-4-10-5-12(21)24-15-13(10)14(22)19-16(20-15)23-7-11-6-17-9(3)18-8(11)2/h5-6H,4,7H2,1-3H3,(H,19,20,22). The zero-order chi connectivity index (χ0) is 17.3. The molecule has 0 aliphatic rings. The highest BCUT2D eigenvalue weighted by Crippen LogP contribution is 2.14. The van der Waals surface area contributed by atoms with E-state index in [9.17, 15) is 9.59 Å². The number of rotatable bonds is 4. The lowest BCUT2D eigenvalue weighted by atomic mass is 10.1. The van der Waals surface area contributed by atoms with Gasteiger partial charge in [0.25, 0.3) is 11.6 Å². The fraction of sp³-hybridized carbons (Fsp3) is 0.312. The number of nitrogens with one attached hydrogen (secondary N) is 1. The van der Waals surface area contributed by atoms with E-state index in [1.54, 1.807) is 13.1 Å². The molecule has 0 atom stereocenters. The van der Waals surface area contributed by atoms with Crippen LogP contribution in [0.5, 0.6) is 6.01 Å². The summed E-state index contributed by atoms with van der Waals surface area (Å²) in [5.74, 6) is 0.669. The third-order valence-electron chi connectivity index (χ3n) is 3.62. The van der Waals surface area contributed by atoms with Crippen molar-refractivity contribution in [2.24, 2.45) is 0 Å². The third kappa shape index (κ3) is 3.03. The smallest absolute Gasteiger partial charge is 0.337 e. The van der Waals surface area contributed by atoms with Crippen molar-refractivity contribution in [3.05, 3.63) is 55.7 Å². The van der Waals surface area contributed by atoms with Crippen LogP contribution in [0.4, 0.5) is 0 Å². The molecule has 3 rings (SSSR count). The third-order valence-corrected chi connectivity index (χ3v) is 3.62. The maximum absolute atomic E-state index is 12.3. The summed E-state index contributed by atoms with van der Waals surface area (Å²) in [6.45, 7) is 5.63. The lowest BCUT2D eigenvalue weighted by Gasteiger charge is -2.08. The molecule has 0 bridgehead atoms. The molecule has 3 aromatic heterocycles. The first-order valence-corrected chi connectivity index (χ1v) is 7.47. The Morgan fingerprint density at radius 2 is 2.00 bits per heavy atom. The zero-order valence-corrected chi connectivity index (χ0v) is 13.5. The molecule has 1 N–H and O–H groups in total. The molecular weight excluding hydrogens is 312 g/mol. The Bertz CT molecular complexity index is 1020. The molecule has 0 saturated heterocycles.